The maximum Gasteiger partial charge on any atom is 0.333 e. The maximum atomic E-state index is 12.5. The van der Waals surface area contributed by atoms with Crippen molar-refractivity contribution in [3.05, 3.63) is 59.7 Å². The van der Waals surface area contributed by atoms with Crippen LogP contribution < -0.4 is 14.8 Å². The maximum absolute atomic E-state index is 12.5. The molecule has 0 fully saturated rings. The summed E-state index contributed by atoms with van der Waals surface area (Å²) in [4.78, 5) is 24.5. The molecular weight excluding hydrogens is 310 g/mol. The molecular formula is C18H17NO5. The van der Waals surface area contributed by atoms with Crippen LogP contribution in [0.5, 0.6) is 11.5 Å². The first-order valence-electron chi connectivity index (χ1n) is 7.52. The van der Waals surface area contributed by atoms with Crippen molar-refractivity contribution in [2.75, 3.05) is 20.3 Å². The van der Waals surface area contributed by atoms with Crippen LogP contribution in [0.25, 0.3) is 0 Å². The zero-order chi connectivity index (χ0) is 16.9. The van der Waals surface area contributed by atoms with E-state index in [0.29, 0.717) is 35.8 Å². The van der Waals surface area contributed by atoms with Gasteiger partial charge in [0, 0.05) is 5.56 Å². The zero-order valence-electron chi connectivity index (χ0n) is 13.2. The van der Waals surface area contributed by atoms with E-state index >= 15 is 0 Å². The molecule has 0 saturated heterocycles. The predicted molar refractivity (Wildman–Crippen MR) is 86.1 cm³/mol. The van der Waals surface area contributed by atoms with E-state index in [9.17, 15) is 9.59 Å². The Kier molecular flexibility index (Phi) is 4.65. The standard InChI is InChI=1S/C18H17NO5/c1-22-18(21)16(12-5-3-2-4-6-12)19-17(20)13-7-8-14-15(11-13)24-10-9-23-14/h2-8,11,16H,9-10H2,1H3,(H,19,20)/t16-/m0/s1. The fourth-order valence-electron chi connectivity index (χ4n) is 2.44. The van der Waals surface area contributed by atoms with Crippen molar-refractivity contribution in [2.24, 2.45) is 0 Å². The number of carbonyl (C=O) groups is 2. The van der Waals surface area contributed by atoms with E-state index in [2.05, 4.69) is 5.32 Å². The molecule has 1 aliphatic rings. The number of rotatable bonds is 4. The lowest BCUT2D eigenvalue weighted by Crippen LogP contribution is -2.34. The normalized spacial score (nSPS) is 13.7. The molecule has 6 heteroatoms. The number of fused-ring (bicyclic) bond motifs is 1. The Morgan fingerprint density at radius 2 is 1.75 bits per heavy atom. The van der Waals surface area contributed by atoms with Crippen LogP contribution in [0, 0.1) is 0 Å². The van der Waals surface area contributed by atoms with Gasteiger partial charge < -0.3 is 19.5 Å². The summed E-state index contributed by atoms with van der Waals surface area (Å²) in [6, 6.07) is 13.0. The molecule has 1 heterocycles. The van der Waals surface area contributed by atoms with Gasteiger partial charge in [0.2, 0.25) is 0 Å². The number of hydrogen-bond donors (Lipinski definition) is 1. The van der Waals surface area contributed by atoms with Crippen molar-refractivity contribution in [1.29, 1.82) is 0 Å². The van der Waals surface area contributed by atoms with E-state index in [0.717, 1.165) is 0 Å². The first-order chi connectivity index (χ1) is 11.7. The molecule has 0 unspecified atom stereocenters. The van der Waals surface area contributed by atoms with Crippen molar-refractivity contribution in [2.45, 2.75) is 6.04 Å². The van der Waals surface area contributed by atoms with Crippen LogP contribution in [-0.2, 0) is 9.53 Å². The molecule has 24 heavy (non-hydrogen) atoms. The number of carbonyl (C=O) groups excluding carboxylic acids is 2. The van der Waals surface area contributed by atoms with E-state index < -0.39 is 17.9 Å². The number of esters is 1. The molecule has 1 atom stereocenters. The van der Waals surface area contributed by atoms with Crippen LogP contribution >= 0.6 is 0 Å². The van der Waals surface area contributed by atoms with Gasteiger partial charge in [-0.25, -0.2) is 4.79 Å². The molecule has 6 nitrogen and oxygen atoms in total. The number of methoxy groups -OCH3 is 1. The van der Waals surface area contributed by atoms with Gasteiger partial charge in [0.15, 0.2) is 17.5 Å². The summed E-state index contributed by atoms with van der Waals surface area (Å²) in [5.41, 5.74) is 1.03. The first-order valence-corrected chi connectivity index (χ1v) is 7.52. The Bertz CT molecular complexity index is 744. The van der Waals surface area contributed by atoms with E-state index in [4.69, 9.17) is 14.2 Å². The number of nitrogens with one attached hydrogen (secondary N) is 1. The van der Waals surface area contributed by atoms with Gasteiger partial charge in [-0.05, 0) is 23.8 Å². The largest absolute Gasteiger partial charge is 0.486 e. The molecule has 3 rings (SSSR count). The first kappa shape index (κ1) is 15.9. The highest BCUT2D eigenvalue weighted by atomic mass is 16.6. The Morgan fingerprint density at radius 3 is 2.46 bits per heavy atom. The average Bonchev–Trinajstić information content (AvgIpc) is 2.65. The third-order valence-corrected chi connectivity index (χ3v) is 3.65. The van der Waals surface area contributed by atoms with Crippen molar-refractivity contribution in [1.82, 2.24) is 5.32 Å². The second-order valence-electron chi connectivity index (χ2n) is 5.20. The van der Waals surface area contributed by atoms with Gasteiger partial charge in [0.25, 0.3) is 5.91 Å². The highest BCUT2D eigenvalue weighted by Gasteiger charge is 2.24. The Morgan fingerprint density at radius 1 is 1.04 bits per heavy atom. The van der Waals surface area contributed by atoms with Gasteiger partial charge in [-0.15, -0.1) is 0 Å². The number of benzene rings is 2. The average molecular weight is 327 g/mol. The van der Waals surface area contributed by atoms with Gasteiger partial charge in [-0.1, -0.05) is 30.3 Å². The Hall–Kier alpha value is -3.02. The summed E-state index contributed by atoms with van der Waals surface area (Å²) in [6.45, 7) is 0.920. The molecule has 0 bridgehead atoms. The third-order valence-electron chi connectivity index (χ3n) is 3.65. The molecule has 1 N–H and O–H groups in total. The van der Waals surface area contributed by atoms with Crippen LogP contribution in [0.1, 0.15) is 22.0 Å². The molecule has 1 aliphatic heterocycles. The van der Waals surface area contributed by atoms with Crippen molar-refractivity contribution >= 4 is 11.9 Å². The van der Waals surface area contributed by atoms with Crippen LogP contribution in [0.4, 0.5) is 0 Å². The lowest BCUT2D eigenvalue weighted by Gasteiger charge is -2.20. The van der Waals surface area contributed by atoms with Crippen LogP contribution in [0.2, 0.25) is 0 Å². The molecule has 1 amide bonds. The van der Waals surface area contributed by atoms with Crippen LogP contribution in [0.15, 0.2) is 48.5 Å². The molecule has 0 saturated carbocycles. The minimum absolute atomic E-state index is 0.379. The number of hydrogen-bond acceptors (Lipinski definition) is 5. The number of amides is 1. The number of ether oxygens (including phenoxy) is 3. The Labute approximate surface area is 139 Å². The SMILES string of the molecule is COC(=O)[C@@H](NC(=O)c1ccc2c(c1)OCCO2)c1ccccc1. The van der Waals surface area contributed by atoms with Gasteiger partial charge in [-0.3, -0.25) is 4.79 Å². The topological polar surface area (TPSA) is 73.9 Å². The molecule has 2 aromatic carbocycles. The van der Waals surface area contributed by atoms with Crippen molar-refractivity contribution in [3.8, 4) is 11.5 Å². The molecule has 0 spiro atoms. The highest BCUT2D eigenvalue weighted by Crippen LogP contribution is 2.30. The third kappa shape index (κ3) is 3.32. The summed E-state index contributed by atoms with van der Waals surface area (Å²) in [5, 5.41) is 2.70. The lowest BCUT2D eigenvalue weighted by atomic mass is 10.1. The van der Waals surface area contributed by atoms with E-state index in [1.807, 2.05) is 6.07 Å². The van der Waals surface area contributed by atoms with Crippen LogP contribution in [-0.4, -0.2) is 32.2 Å². The minimum Gasteiger partial charge on any atom is -0.486 e. The Balaban J connectivity index is 1.82. The van der Waals surface area contributed by atoms with Gasteiger partial charge in [-0.2, -0.15) is 0 Å². The van der Waals surface area contributed by atoms with Gasteiger partial charge in [0.05, 0.1) is 7.11 Å². The highest BCUT2D eigenvalue weighted by molar-refractivity contribution is 5.97. The fraction of sp³-hybridized carbons (Fsp3) is 0.222. The van der Waals surface area contributed by atoms with Crippen LogP contribution in [0.3, 0.4) is 0 Å². The van der Waals surface area contributed by atoms with Gasteiger partial charge >= 0.3 is 5.97 Å². The lowest BCUT2D eigenvalue weighted by molar-refractivity contribution is -0.143. The second-order valence-corrected chi connectivity index (χ2v) is 5.20. The van der Waals surface area contributed by atoms with Crippen molar-refractivity contribution < 1.29 is 23.8 Å². The van der Waals surface area contributed by atoms with E-state index in [1.165, 1.54) is 7.11 Å². The molecule has 2 aromatic rings. The summed E-state index contributed by atoms with van der Waals surface area (Å²) in [7, 11) is 1.29. The van der Waals surface area contributed by atoms with Gasteiger partial charge in [0.1, 0.15) is 13.2 Å². The summed E-state index contributed by atoms with van der Waals surface area (Å²) >= 11 is 0. The molecule has 0 aliphatic carbocycles. The van der Waals surface area contributed by atoms with Crippen molar-refractivity contribution in [3.63, 3.8) is 0 Å². The predicted octanol–water partition coefficient (Wildman–Crippen LogP) is 2.10. The monoisotopic (exact) mass is 327 g/mol. The minimum atomic E-state index is -0.878. The molecule has 0 radical (unpaired) electrons. The van der Waals surface area contributed by atoms with E-state index in [1.54, 1.807) is 42.5 Å². The summed E-state index contributed by atoms with van der Waals surface area (Å²) < 4.78 is 15.7. The second kappa shape index (κ2) is 7.04. The smallest absolute Gasteiger partial charge is 0.333 e. The zero-order valence-corrected chi connectivity index (χ0v) is 13.2. The molecule has 0 aromatic heterocycles. The van der Waals surface area contributed by atoms with E-state index in [-0.39, 0.29) is 0 Å². The fourth-order valence-corrected chi connectivity index (χ4v) is 2.44. The quantitative estimate of drug-likeness (QED) is 0.871. The summed E-state index contributed by atoms with van der Waals surface area (Å²) in [6.07, 6.45) is 0. The summed E-state index contributed by atoms with van der Waals surface area (Å²) in [5.74, 6) is 0.187. The molecule has 124 valence electrons.